The molecule has 14 heteroatoms. The molecule has 1 aliphatic carbocycles. The number of amidine groups is 1. The molecule has 0 aromatic heterocycles. The zero-order chi connectivity index (χ0) is 40.4. The first-order valence-electron chi connectivity index (χ1n) is 19.5. The van der Waals surface area contributed by atoms with E-state index >= 15 is 0 Å². The highest BCUT2D eigenvalue weighted by molar-refractivity contribution is 6.31. The fourth-order valence-electron chi connectivity index (χ4n) is 9.70. The molecule has 296 valence electrons. The second-order valence-electron chi connectivity index (χ2n) is 17.1. The SMILES string of the molecule is CC1(C)C(N=C(N)c2ccc(N3CCN(CC4CN(c5ccc6c(c5)C(=O)N(C5CCC(=O)NC5=O)C6=O)C4)CC3)cc2)C(C)(C)C1Oc1ccc(C#N)c(Cl)c1. The van der Waals surface area contributed by atoms with Crippen molar-refractivity contribution in [3.05, 3.63) is 87.9 Å². The Bertz CT molecular complexity index is 2200. The number of amides is 4. The zero-order valence-electron chi connectivity index (χ0n) is 32.6. The molecule has 1 atom stereocenters. The van der Waals surface area contributed by atoms with Gasteiger partial charge in [0.15, 0.2) is 0 Å². The number of hydrogen-bond donors (Lipinski definition) is 2. The second kappa shape index (κ2) is 14.5. The number of nitrogens with two attached hydrogens (primary N) is 1. The number of aliphatic imine (C=N–C) groups is 1. The molecule has 4 aliphatic heterocycles. The summed E-state index contributed by atoms with van der Waals surface area (Å²) in [5.41, 5.74) is 9.98. The maximum absolute atomic E-state index is 13.3. The van der Waals surface area contributed by atoms with Gasteiger partial charge in [0, 0.05) is 92.0 Å². The van der Waals surface area contributed by atoms with Crippen LogP contribution in [0.5, 0.6) is 5.75 Å². The van der Waals surface area contributed by atoms with E-state index in [9.17, 15) is 24.4 Å². The minimum Gasteiger partial charge on any atom is -0.489 e. The third kappa shape index (κ3) is 6.89. The van der Waals surface area contributed by atoms with Crippen LogP contribution in [0.25, 0.3) is 0 Å². The summed E-state index contributed by atoms with van der Waals surface area (Å²) in [5, 5.41) is 11.8. The molecule has 0 bridgehead atoms. The van der Waals surface area contributed by atoms with E-state index in [0.717, 1.165) is 67.7 Å². The number of nitriles is 1. The largest absolute Gasteiger partial charge is 0.489 e. The number of carbonyl (C=O) groups is 4. The van der Waals surface area contributed by atoms with E-state index in [2.05, 4.69) is 65.9 Å². The number of anilines is 2. The lowest BCUT2D eigenvalue weighted by atomic mass is 9.49. The minimum absolute atomic E-state index is 0.0690. The molecule has 8 rings (SSSR count). The van der Waals surface area contributed by atoms with Crippen molar-refractivity contribution >= 4 is 52.4 Å². The van der Waals surface area contributed by atoms with E-state index in [-0.39, 0.29) is 35.8 Å². The summed E-state index contributed by atoms with van der Waals surface area (Å²) in [6.07, 6.45) is 0.0980. The van der Waals surface area contributed by atoms with Crippen molar-refractivity contribution in [2.24, 2.45) is 27.5 Å². The first-order valence-corrected chi connectivity index (χ1v) is 19.9. The number of carbonyl (C=O) groups excluding carboxylic acids is 4. The van der Waals surface area contributed by atoms with Gasteiger partial charge in [-0.25, -0.2) is 0 Å². The lowest BCUT2D eigenvalue weighted by Gasteiger charge is -2.61. The van der Waals surface area contributed by atoms with Gasteiger partial charge in [-0.1, -0.05) is 39.3 Å². The van der Waals surface area contributed by atoms with Crippen LogP contribution in [0.2, 0.25) is 5.02 Å². The van der Waals surface area contributed by atoms with Crippen molar-refractivity contribution in [2.45, 2.75) is 58.7 Å². The molecule has 4 fully saturated rings. The van der Waals surface area contributed by atoms with E-state index < -0.39 is 29.7 Å². The summed E-state index contributed by atoms with van der Waals surface area (Å²) >= 11 is 6.26. The van der Waals surface area contributed by atoms with Crippen molar-refractivity contribution in [1.82, 2.24) is 15.1 Å². The number of ether oxygens (including phenoxy) is 1. The van der Waals surface area contributed by atoms with Gasteiger partial charge in [-0.3, -0.25) is 39.3 Å². The Labute approximate surface area is 337 Å². The number of piperazine rings is 1. The van der Waals surface area contributed by atoms with Crippen LogP contribution in [0.15, 0.2) is 65.7 Å². The van der Waals surface area contributed by atoms with Crippen LogP contribution < -0.4 is 25.6 Å². The molecule has 3 aromatic rings. The van der Waals surface area contributed by atoms with Gasteiger partial charge in [0.05, 0.1) is 27.8 Å². The van der Waals surface area contributed by atoms with Crippen molar-refractivity contribution < 1.29 is 23.9 Å². The number of piperidine rings is 1. The molecule has 0 spiro atoms. The zero-order valence-corrected chi connectivity index (χ0v) is 33.4. The molecule has 13 nitrogen and oxygen atoms in total. The smallest absolute Gasteiger partial charge is 0.262 e. The standard InChI is InChI=1S/C43H47ClN8O5/c1-42(2)40(43(3,4)41(42)57-30-11-7-27(21-45)33(44)20-30)48-36(46)26-5-8-28(9-6-26)50-17-15-49(16-18-50)22-25-23-51(24-25)29-10-12-31-32(19-29)39(56)52(38(31)55)34-13-14-35(53)47-37(34)54/h5-12,19-20,25,34,40-41H,13-18,22-24H2,1-4H3,(H2,46,48)(H,47,53,54). The van der Waals surface area contributed by atoms with Crippen LogP contribution in [0.4, 0.5) is 11.4 Å². The van der Waals surface area contributed by atoms with Crippen molar-refractivity contribution in [2.75, 3.05) is 55.6 Å². The number of benzene rings is 3. The van der Waals surface area contributed by atoms with Gasteiger partial charge in [0.1, 0.15) is 29.8 Å². The summed E-state index contributed by atoms with van der Waals surface area (Å²) in [6, 6.07) is 19.8. The first-order chi connectivity index (χ1) is 27.1. The van der Waals surface area contributed by atoms with Crippen LogP contribution in [-0.4, -0.2) is 103 Å². The maximum atomic E-state index is 13.3. The lowest BCUT2D eigenvalue weighted by molar-refractivity contribution is -0.154. The molecule has 4 heterocycles. The molecular weight excluding hydrogens is 744 g/mol. The number of nitrogens with one attached hydrogen (secondary N) is 1. The Hall–Kier alpha value is -5.45. The van der Waals surface area contributed by atoms with Crippen molar-refractivity contribution in [3.63, 3.8) is 0 Å². The second-order valence-corrected chi connectivity index (χ2v) is 17.5. The summed E-state index contributed by atoms with van der Waals surface area (Å²) in [5.74, 6) is -0.351. The molecule has 3 saturated heterocycles. The molecule has 5 aliphatic rings. The summed E-state index contributed by atoms with van der Waals surface area (Å²) in [4.78, 5) is 63.5. The summed E-state index contributed by atoms with van der Waals surface area (Å²) < 4.78 is 6.41. The third-order valence-electron chi connectivity index (χ3n) is 12.5. The van der Waals surface area contributed by atoms with Crippen LogP contribution in [0, 0.1) is 28.1 Å². The van der Waals surface area contributed by atoms with Crippen molar-refractivity contribution in [3.8, 4) is 11.8 Å². The van der Waals surface area contributed by atoms with Gasteiger partial charge < -0.3 is 20.3 Å². The molecule has 0 radical (unpaired) electrons. The normalized spacial score (nSPS) is 24.7. The Balaban J connectivity index is 0.811. The molecule has 1 unspecified atom stereocenters. The predicted molar refractivity (Wildman–Crippen MR) is 217 cm³/mol. The molecule has 3 N–H and O–H groups in total. The average Bonchev–Trinajstić information content (AvgIpc) is 3.42. The summed E-state index contributed by atoms with van der Waals surface area (Å²) in [6.45, 7) is 15.0. The molecular formula is C43H47ClN8O5. The van der Waals surface area contributed by atoms with Gasteiger partial charge in [0.25, 0.3) is 11.8 Å². The fraction of sp³-hybridized carbons (Fsp3) is 0.442. The quantitative estimate of drug-likeness (QED) is 0.180. The fourth-order valence-corrected chi connectivity index (χ4v) is 9.92. The van der Waals surface area contributed by atoms with E-state index in [4.69, 9.17) is 27.1 Å². The summed E-state index contributed by atoms with van der Waals surface area (Å²) in [7, 11) is 0. The number of rotatable bonds is 9. The van der Waals surface area contributed by atoms with E-state index in [0.29, 0.717) is 39.2 Å². The number of hydrogen-bond acceptors (Lipinski definition) is 10. The highest BCUT2D eigenvalue weighted by Gasteiger charge is 2.64. The van der Waals surface area contributed by atoms with Crippen LogP contribution >= 0.6 is 11.6 Å². The van der Waals surface area contributed by atoms with Gasteiger partial charge in [-0.05, 0) is 61.0 Å². The third-order valence-corrected chi connectivity index (χ3v) is 12.8. The minimum atomic E-state index is -0.969. The first kappa shape index (κ1) is 38.4. The Kier molecular flexibility index (Phi) is 9.77. The van der Waals surface area contributed by atoms with Gasteiger partial charge >= 0.3 is 0 Å². The Morgan fingerprint density at radius 3 is 2.21 bits per heavy atom. The predicted octanol–water partition coefficient (Wildman–Crippen LogP) is 4.46. The average molecular weight is 791 g/mol. The number of fused-ring (bicyclic) bond motifs is 1. The molecule has 1 saturated carbocycles. The van der Waals surface area contributed by atoms with E-state index in [1.807, 2.05) is 18.2 Å². The van der Waals surface area contributed by atoms with Crippen LogP contribution in [-0.2, 0) is 9.59 Å². The maximum Gasteiger partial charge on any atom is 0.262 e. The van der Waals surface area contributed by atoms with Crippen LogP contribution in [0.1, 0.15) is 72.4 Å². The highest BCUT2D eigenvalue weighted by Crippen LogP contribution is 2.57. The number of imide groups is 2. The van der Waals surface area contributed by atoms with E-state index in [1.165, 1.54) is 0 Å². The number of halogens is 1. The van der Waals surface area contributed by atoms with Crippen LogP contribution in [0.3, 0.4) is 0 Å². The van der Waals surface area contributed by atoms with Crippen molar-refractivity contribution in [1.29, 1.82) is 5.26 Å². The monoisotopic (exact) mass is 790 g/mol. The Morgan fingerprint density at radius 1 is 0.895 bits per heavy atom. The lowest BCUT2D eigenvalue weighted by Crippen LogP contribution is -2.69. The highest BCUT2D eigenvalue weighted by atomic mass is 35.5. The van der Waals surface area contributed by atoms with Gasteiger partial charge in [-0.15, -0.1) is 0 Å². The Morgan fingerprint density at radius 2 is 1.56 bits per heavy atom. The molecule has 57 heavy (non-hydrogen) atoms. The van der Waals surface area contributed by atoms with E-state index in [1.54, 1.807) is 30.3 Å². The topological polar surface area (TPSA) is 165 Å². The number of nitrogens with zero attached hydrogens (tertiary/aromatic N) is 6. The van der Waals surface area contributed by atoms with Gasteiger partial charge in [-0.2, -0.15) is 5.26 Å². The molecule has 4 amide bonds. The molecule has 3 aromatic carbocycles. The van der Waals surface area contributed by atoms with Gasteiger partial charge in [0.2, 0.25) is 11.8 Å².